The van der Waals surface area contributed by atoms with Gasteiger partial charge in [-0.25, -0.2) is 8.42 Å². The minimum absolute atomic E-state index is 0.263. The van der Waals surface area contributed by atoms with Crippen LogP contribution in [0.15, 0.2) is 65.4 Å². The topological polar surface area (TPSA) is 34.1 Å². The van der Waals surface area contributed by atoms with E-state index < -0.39 is 9.84 Å². The molecule has 1 radical (unpaired) electrons. The minimum Gasteiger partial charge on any atom is -0.219 e. The zero-order chi connectivity index (χ0) is 12.3. The van der Waals surface area contributed by atoms with Crippen molar-refractivity contribution < 1.29 is 8.42 Å². The molecule has 0 heterocycles. The summed E-state index contributed by atoms with van der Waals surface area (Å²) >= 11 is 0. The zero-order valence-corrected chi connectivity index (χ0v) is 9.94. The summed E-state index contributed by atoms with van der Waals surface area (Å²) < 4.78 is 23.1. The van der Waals surface area contributed by atoms with Crippen LogP contribution in [0.1, 0.15) is 0 Å². The zero-order valence-electron chi connectivity index (χ0n) is 9.13. The third-order valence-electron chi connectivity index (χ3n) is 2.45. The highest BCUT2D eigenvalue weighted by Crippen LogP contribution is 2.21. The SMILES string of the molecule is C=CS(=O)(=O)c1ccc(-c2cc[c]cc2)cc1. The van der Waals surface area contributed by atoms with Crippen molar-refractivity contribution in [1.82, 2.24) is 0 Å². The van der Waals surface area contributed by atoms with Gasteiger partial charge < -0.3 is 0 Å². The van der Waals surface area contributed by atoms with Gasteiger partial charge in [-0.05, 0) is 29.3 Å². The van der Waals surface area contributed by atoms with Crippen LogP contribution in [0.3, 0.4) is 0 Å². The molecule has 2 aromatic rings. The maximum atomic E-state index is 11.5. The molecular formula is C14H11O2S. The largest absolute Gasteiger partial charge is 0.219 e. The molecule has 0 aliphatic carbocycles. The highest BCUT2D eigenvalue weighted by molar-refractivity contribution is 7.94. The van der Waals surface area contributed by atoms with Crippen LogP contribution in [0.25, 0.3) is 11.1 Å². The standard InChI is InChI=1S/C14H11O2S/c1-2-17(15,16)14-10-8-13(9-11-14)12-6-4-3-5-7-12/h2,4-11H,1H2. The summed E-state index contributed by atoms with van der Waals surface area (Å²) in [6.07, 6.45) is 0. The van der Waals surface area contributed by atoms with Crippen LogP contribution in [0, 0.1) is 6.07 Å². The molecule has 17 heavy (non-hydrogen) atoms. The minimum atomic E-state index is -3.34. The first-order chi connectivity index (χ1) is 8.13. The number of benzene rings is 2. The Bertz CT molecular complexity index is 611. The lowest BCUT2D eigenvalue weighted by atomic mass is 10.1. The van der Waals surface area contributed by atoms with E-state index in [2.05, 4.69) is 12.6 Å². The van der Waals surface area contributed by atoms with Gasteiger partial charge in [0, 0.05) is 5.41 Å². The fourth-order valence-electron chi connectivity index (χ4n) is 1.51. The lowest BCUT2D eigenvalue weighted by molar-refractivity contribution is 0.605. The number of rotatable bonds is 3. The van der Waals surface area contributed by atoms with Crippen LogP contribution in [0.4, 0.5) is 0 Å². The van der Waals surface area contributed by atoms with Crippen molar-refractivity contribution in [3.05, 3.63) is 66.6 Å². The Kier molecular flexibility index (Phi) is 3.11. The molecule has 0 saturated heterocycles. The summed E-state index contributed by atoms with van der Waals surface area (Å²) in [5.74, 6) is 0. The van der Waals surface area contributed by atoms with E-state index in [0.717, 1.165) is 16.5 Å². The van der Waals surface area contributed by atoms with Gasteiger partial charge in [-0.2, -0.15) is 0 Å². The van der Waals surface area contributed by atoms with E-state index in [1.807, 2.05) is 24.3 Å². The second kappa shape index (κ2) is 4.55. The summed E-state index contributed by atoms with van der Waals surface area (Å²) in [6, 6.07) is 17.2. The van der Waals surface area contributed by atoms with Crippen molar-refractivity contribution in [2.24, 2.45) is 0 Å². The Labute approximate surface area is 101 Å². The fourth-order valence-corrected chi connectivity index (χ4v) is 2.22. The monoisotopic (exact) mass is 243 g/mol. The fraction of sp³-hybridized carbons (Fsp3) is 0. The van der Waals surface area contributed by atoms with Gasteiger partial charge in [-0.15, -0.1) is 0 Å². The van der Waals surface area contributed by atoms with E-state index in [1.54, 1.807) is 24.3 Å². The molecule has 0 amide bonds. The molecule has 0 aliphatic heterocycles. The molecule has 0 saturated carbocycles. The molecule has 85 valence electrons. The predicted octanol–water partition coefficient (Wildman–Crippen LogP) is 3.07. The van der Waals surface area contributed by atoms with E-state index in [9.17, 15) is 8.42 Å². The van der Waals surface area contributed by atoms with E-state index in [0.29, 0.717) is 0 Å². The average Bonchev–Trinajstić information content (AvgIpc) is 2.40. The van der Waals surface area contributed by atoms with E-state index in [-0.39, 0.29) is 4.90 Å². The first-order valence-corrected chi connectivity index (χ1v) is 6.62. The van der Waals surface area contributed by atoms with Gasteiger partial charge in [-0.1, -0.05) is 43.0 Å². The quantitative estimate of drug-likeness (QED) is 0.830. The maximum Gasteiger partial charge on any atom is 0.199 e. The summed E-state index contributed by atoms with van der Waals surface area (Å²) in [7, 11) is -3.34. The van der Waals surface area contributed by atoms with E-state index in [1.165, 1.54) is 0 Å². The first kappa shape index (κ1) is 11.6. The van der Waals surface area contributed by atoms with Crippen molar-refractivity contribution >= 4 is 9.84 Å². The third kappa shape index (κ3) is 2.45. The Balaban J connectivity index is 2.41. The highest BCUT2D eigenvalue weighted by Gasteiger charge is 2.08. The molecule has 0 aromatic heterocycles. The lowest BCUT2D eigenvalue weighted by Gasteiger charge is -2.03. The smallest absolute Gasteiger partial charge is 0.199 e. The summed E-state index contributed by atoms with van der Waals surface area (Å²) in [5.41, 5.74) is 2.01. The molecular weight excluding hydrogens is 232 g/mol. The predicted molar refractivity (Wildman–Crippen MR) is 68.1 cm³/mol. The molecule has 0 bridgehead atoms. The Morgan fingerprint density at radius 1 is 0.941 bits per heavy atom. The highest BCUT2D eigenvalue weighted by atomic mass is 32.2. The summed E-state index contributed by atoms with van der Waals surface area (Å²) in [6.45, 7) is 3.30. The Hall–Kier alpha value is -1.87. The van der Waals surface area contributed by atoms with Crippen LogP contribution in [0.5, 0.6) is 0 Å². The van der Waals surface area contributed by atoms with Crippen molar-refractivity contribution in [3.63, 3.8) is 0 Å². The van der Waals surface area contributed by atoms with Gasteiger partial charge in [0.15, 0.2) is 9.84 Å². The lowest BCUT2D eigenvalue weighted by Crippen LogP contribution is -1.94. The molecule has 0 unspecified atom stereocenters. The second-order valence-electron chi connectivity index (χ2n) is 3.52. The van der Waals surface area contributed by atoms with Gasteiger partial charge in [-0.3, -0.25) is 0 Å². The van der Waals surface area contributed by atoms with Gasteiger partial charge in [0.05, 0.1) is 4.90 Å². The molecule has 3 heteroatoms. The number of sulfone groups is 1. The van der Waals surface area contributed by atoms with Crippen LogP contribution in [-0.4, -0.2) is 8.42 Å². The molecule has 0 atom stereocenters. The first-order valence-electron chi connectivity index (χ1n) is 5.07. The average molecular weight is 243 g/mol. The summed E-state index contributed by atoms with van der Waals surface area (Å²) in [5, 5.41) is 0.958. The van der Waals surface area contributed by atoms with Crippen LogP contribution >= 0.6 is 0 Å². The van der Waals surface area contributed by atoms with Crippen LogP contribution in [-0.2, 0) is 9.84 Å². The van der Waals surface area contributed by atoms with Crippen LogP contribution in [0.2, 0.25) is 0 Å². The normalized spacial score (nSPS) is 11.1. The molecule has 0 aliphatic rings. The molecule has 0 N–H and O–H groups in total. The van der Waals surface area contributed by atoms with E-state index >= 15 is 0 Å². The second-order valence-corrected chi connectivity index (χ2v) is 5.42. The van der Waals surface area contributed by atoms with Gasteiger partial charge in [0.25, 0.3) is 0 Å². The van der Waals surface area contributed by atoms with Gasteiger partial charge >= 0.3 is 0 Å². The molecule has 2 rings (SSSR count). The van der Waals surface area contributed by atoms with Crippen molar-refractivity contribution in [3.8, 4) is 11.1 Å². The Morgan fingerprint density at radius 3 is 2.00 bits per heavy atom. The number of hydrogen-bond acceptors (Lipinski definition) is 2. The molecule has 2 nitrogen and oxygen atoms in total. The van der Waals surface area contributed by atoms with Crippen molar-refractivity contribution in [2.45, 2.75) is 4.90 Å². The maximum absolute atomic E-state index is 11.5. The van der Waals surface area contributed by atoms with E-state index in [4.69, 9.17) is 0 Å². The Morgan fingerprint density at radius 2 is 1.47 bits per heavy atom. The summed E-state index contributed by atoms with van der Waals surface area (Å²) in [4.78, 5) is 0.263. The molecule has 0 fully saturated rings. The van der Waals surface area contributed by atoms with Crippen LogP contribution < -0.4 is 0 Å². The third-order valence-corrected chi connectivity index (χ3v) is 3.82. The molecule has 0 spiro atoms. The van der Waals surface area contributed by atoms with Gasteiger partial charge in [0.1, 0.15) is 0 Å². The van der Waals surface area contributed by atoms with Crippen molar-refractivity contribution in [2.75, 3.05) is 0 Å². The van der Waals surface area contributed by atoms with Gasteiger partial charge in [0.2, 0.25) is 0 Å². The molecule has 2 aromatic carbocycles. The number of hydrogen-bond donors (Lipinski definition) is 0. The van der Waals surface area contributed by atoms with Crippen molar-refractivity contribution in [1.29, 1.82) is 0 Å².